The average Bonchev–Trinajstić information content (AvgIpc) is 2.79. The number of nitrogens with two attached hydrogens (primary N) is 1. The van der Waals surface area contributed by atoms with Crippen molar-refractivity contribution < 1.29 is 33.4 Å². The highest BCUT2D eigenvalue weighted by atomic mass is 127. The van der Waals surface area contributed by atoms with Crippen LogP contribution >= 0.6 is 47.9 Å². The monoisotopic (exact) mass is 829 g/mol. The first kappa shape index (κ1) is 40.3. The van der Waals surface area contributed by atoms with Crippen molar-refractivity contribution in [3.8, 4) is 6.26 Å². The SMILES string of the molecule is CC1(C)CC(NC(=O)NCC[N+](C)(C)CCC(=O)[O-])CC(C)(COC#N)C1.CN(C)CCN.O=C1CCO1.[2H]P(I)I. The number of carbonyl (C=O) groups excluding carboxylic acids is 3. The molecule has 0 aromatic rings. The summed E-state index contributed by atoms with van der Waals surface area (Å²) in [4.78, 5) is 34.6. The van der Waals surface area contributed by atoms with E-state index in [0.717, 1.165) is 32.4 Å². The third kappa shape index (κ3) is 25.5. The summed E-state index contributed by atoms with van der Waals surface area (Å²) in [5, 5.41) is 25.2. The zero-order chi connectivity index (χ0) is 33.0. The number of nitriles is 1. The Balaban J connectivity index is 0. The molecule has 15 heteroatoms. The number of quaternary nitrogens is 1. The van der Waals surface area contributed by atoms with E-state index in [0.29, 0.717) is 43.8 Å². The van der Waals surface area contributed by atoms with Crippen molar-refractivity contribution in [1.82, 2.24) is 15.5 Å². The standard InChI is InChI=1S/C19H34N4O4.C4H12N2.C3H4O2.HI2P/c1-18(2)10-15(11-19(3,12-18)13-27-14-20)22-17(26)21-7-9-23(4,5)8-6-16(24)25;1-6(2)4-3-5;4-3-1-2-5-3;1-3-2/h15H,6-13H2,1-5H3,(H2-,21,22,24,25,26);3-5H2,1-2H3;1-2H2;3H/i;;;3D. The Kier molecular flexibility index (Phi) is 22.4. The van der Waals surface area contributed by atoms with Gasteiger partial charge in [-0.2, -0.15) is 5.26 Å². The fraction of sp³-hybridized carbons (Fsp3) is 0.846. The molecule has 0 aromatic heterocycles. The van der Waals surface area contributed by atoms with Gasteiger partial charge in [-0.3, -0.25) is 4.79 Å². The normalized spacial score (nSPS) is 21.0. The molecule has 2 aliphatic rings. The first-order valence-corrected chi connectivity index (χ1v) is 19.9. The summed E-state index contributed by atoms with van der Waals surface area (Å²) < 4.78 is 16.0. The van der Waals surface area contributed by atoms with Gasteiger partial charge >= 0.3 is 12.0 Å². The smallest absolute Gasteiger partial charge is 0.315 e. The first-order valence-electron chi connectivity index (χ1n) is 13.9. The van der Waals surface area contributed by atoms with Crippen molar-refractivity contribution >= 4 is 65.9 Å². The zero-order valence-electron chi connectivity index (χ0n) is 26.6. The summed E-state index contributed by atoms with van der Waals surface area (Å²) in [5.41, 5.74) is 5.08. The lowest BCUT2D eigenvalue weighted by Crippen LogP contribution is -2.52. The molecule has 0 spiro atoms. The number of aliphatic carboxylic acids is 1. The Morgan fingerprint density at radius 2 is 1.88 bits per heavy atom. The molecule has 1 saturated heterocycles. The van der Waals surface area contributed by atoms with Crippen LogP contribution in [-0.4, -0.2) is 109 Å². The lowest BCUT2D eigenvalue weighted by atomic mass is 9.63. The van der Waals surface area contributed by atoms with Gasteiger partial charge in [0.15, 0.2) is 0 Å². The third-order valence-electron chi connectivity index (χ3n) is 6.33. The number of ether oxygens (including phenoxy) is 2. The fourth-order valence-corrected chi connectivity index (χ4v) is 4.71. The number of esters is 1. The Morgan fingerprint density at radius 1 is 1.32 bits per heavy atom. The summed E-state index contributed by atoms with van der Waals surface area (Å²) in [5.74, 6) is -1.12. The van der Waals surface area contributed by atoms with E-state index in [1.165, 1.54) is 0 Å². The van der Waals surface area contributed by atoms with Crippen LogP contribution in [-0.2, 0) is 19.1 Å². The number of halogens is 2. The molecule has 41 heavy (non-hydrogen) atoms. The minimum atomic E-state index is -1.06. The number of nitrogens with one attached hydrogen (secondary N) is 2. The van der Waals surface area contributed by atoms with Crippen LogP contribution in [0.1, 0.15) is 52.9 Å². The molecule has 2 unspecified atom stereocenters. The van der Waals surface area contributed by atoms with Gasteiger partial charge < -0.3 is 45.1 Å². The van der Waals surface area contributed by atoms with Crippen molar-refractivity contribution in [3.63, 3.8) is 0 Å². The van der Waals surface area contributed by atoms with Crippen molar-refractivity contribution in [2.45, 2.75) is 58.9 Å². The van der Waals surface area contributed by atoms with E-state index in [1.54, 1.807) is 6.26 Å². The van der Waals surface area contributed by atoms with E-state index in [9.17, 15) is 19.5 Å². The van der Waals surface area contributed by atoms with Gasteiger partial charge in [0.1, 0.15) is 13.2 Å². The summed E-state index contributed by atoms with van der Waals surface area (Å²) in [6, 6.07) is -0.206. The van der Waals surface area contributed by atoms with Gasteiger partial charge in [0.05, 0.1) is 41.4 Å². The number of hydrogen-bond donors (Lipinski definition) is 3. The van der Waals surface area contributed by atoms with Crippen LogP contribution in [0.5, 0.6) is 0 Å². The number of amides is 2. The molecule has 0 bridgehead atoms. The topological polar surface area (TPSA) is 170 Å². The van der Waals surface area contributed by atoms with Crippen LogP contribution in [0.2, 0.25) is 0 Å². The number of nitrogens with zero attached hydrogens (tertiary/aromatic N) is 3. The molecule has 1 saturated carbocycles. The van der Waals surface area contributed by atoms with Gasteiger partial charge in [-0.25, -0.2) is 4.79 Å². The number of cyclic esters (lactones) is 1. The molecule has 1 heterocycles. The molecular weight excluding hydrogens is 777 g/mol. The number of rotatable bonds is 11. The fourth-order valence-electron chi connectivity index (χ4n) is 4.71. The molecule has 0 aromatic carbocycles. The van der Waals surface area contributed by atoms with Gasteiger partial charge in [-0.1, -0.05) is 20.8 Å². The third-order valence-corrected chi connectivity index (χ3v) is 6.33. The molecule has 0 radical (unpaired) electrons. The van der Waals surface area contributed by atoms with Crippen LogP contribution < -0.4 is 21.5 Å². The number of carbonyl (C=O) groups is 3. The van der Waals surface area contributed by atoms with Crippen molar-refractivity contribution in [1.29, 1.82) is 6.54 Å². The summed E-state index contributed by atoms with van der Waals surface area (Å²) >= 11 is 4.12. The molecule has 2 amide bonds. The van der Waals surface area contributed by atoms with E-state index in [-0.39, 0.29) is 35.3 Å². The van der Waals surface area contributed by atoms with Gasteiger partial charge in [-0.05, 0) is 82.9 Å². The van der Waals surface area contributed by atoms with E-state index in [1.807, 2.05) is 28.2 Å². The maximum atomic E-state index is 12.3. The lowest BCUT2D eigenvalue weighted by Gasteiger charge is -2.46. The largest absolute Gasteiger partial charge is 0.550 e. The molecule has 1 aliphatic heterocycles. The molecule has 2 rings (SSSR count). The van der Waals surface area contributed by atoms with E-state index in [2.05, 4.69) is 85.1 Å². The van der Waals surface area contributed by atoms with Gasteiger partial charge in [0.25, 0.3) is 6.26 Å². The van der Waals surface area contributed by atoms with Crippen molar-refractivity contribution in [2.75, 3.05) is 74.1 Å². The predicted molar refractivity (Wildman–Crippen MR) is 179 cm³/mol. The molecular formula is C26H51I2N6O6P. The van der Waals surface area contributed by atoms with E-state index in [4.69, 9.17) is 17.0 Å². The maximum absolute atomic E-state index is 12.3. The first-order chi connectivity index (χ1) is 19.3. The number of hydrogen-bond acceptors (Lipinski definition) is 9. The van der Waals surface area contributed by atoms with Crippen molar-refractivity contribution in [3.05, 3.63) is 0 Å². The number of likely N-dealkylation sites (N-methyl/N-ethyl adjacent to an activating group) is 2. The highest BCUT2D eigenvalue weighted by Crippen LogP contribution is 2.46. The highest BCUT2D eigenvalue weighted by Gasteiger charge is 2.42. The van der Waals surface area contributed by atoms with Crippen LogP contribution in [0.15, 0.2) is 0 Å². The molecule has 1 aliphatic carbocycles. The Hall–Kier alpha value is -0.730. The van der Waals surface area contributed by atoms with Crippen LogP contribution in [0.3, 0.4) is 0 Å². The lowest BCUT2D eigenvalue weighted by molar-refractivity contribution is -0.888. The second-order valence-corrected chi connectivity index (χ2v) is 20.7. The zero-order valence-corrected chi connectivity index (χ0v) is 30.8. The molecule has 240 valence electrons. The highest BCUT2D eigenvalue weighted by molar-refractivity contribution is 14.3. The summed E-state index contributed by atoms with van der Waals surface area (Å²) in [7, 11) is 7.86. The molecule has 2 fully saturated rings. The van der Waals surface area contributed by atoms with Crippen LogP contribution in [0, 0.1) is 22.3 Å². The minimum Gasteiger partial charge on any atom is -0.550 e. The molecule has 2 atom stereocenters. The Labute approximate surface area is 275 Å². The predicted octanol–water partition coefficient (Wildman–Crippen LogP) is 2.39. The van der Waals surface area contributed by atoms with Crippen LogP contribution in [0.4, 0.5) is 4.79 Å². The van der Waals surface area contributed by atoms with E-state index >= 15 is 0 Å². The number of carboxylic acids is 1. The average molecular weight is 830 g/mol. The second-order valence-electron chi connectivity index (χ2n) is 12.2. The van der Waals surface area contributed by atoms with Gasteiger partial charge in [0, 0.05) is 40.7 Å². The van der Waals surface area contributed by atoms with Gasteiger partial charge in [-0.15, -0.1) is 0 Å². The summed E-state index contributed by atoms with van der Waals surface area (Å²) in [6.07, 6.45) is 4.93. The quantitative estimate of drug-likeness (QED) is 0.0932. The minimum absolute atomic E-state index is 0.000294. The van der Waals surface area contributed by atoms with Gasteiger partial charge in [0.2, 0.25) is 0 Å². The molecule has 4 N–H and O–H groups in total. The number of carboxylic acid groups (broad SMARTS) is 1. The second kappa shape index (κ2) is 22.8. The van der Waals surface area contributed by atoms with Crippen LogP contribution in [0.25, 0.3) is 0 Å². The van der Waals surface area contributed by atoms with Crippen molar-refractivity contribution in [2.24, 2.45) is 16.6 Å². The maximum Gasteiger partial charge on any atom is 0.315 e. The molecule has 12 nitrogen and oxygen atoms in total. The Bertz CT molecular complexity index is 842. The summed E-state index contributed by atoms with van der Waals surface area (Å²) in [6.45, 7) is 10.7. The van der Waals surface area contributed by atoms with E-state index < -0.39 is 9.78 Å². The Morgan fingerprint density at radius 3 is 2.27 bits per heavy atom. The number of urea groups is 1.